The number of ether oxygens (including phenoxy) is 1. The molecule has 0 heterocycles. The average Bonchev–Trinajstić information content (AvgIpc) is 2.56. The van der Waals surface area contributed by atoms with Crippen LogP contribution < -0.4 is 10.6 Å². The molecule has 1 aromatic rings. The first-order valence-electron chi connectivity index (χ1n) is 8.81. The first-order valence-corrected chi connectivity index (χ1v) is 8.81. The molecule has 0 unspecified atom stereocenters. The van der Waals surface area contributed by atoms with Crippen molar-refractivity contribution >= 4 is 17.5 Å². The maximum absolute atomic E-state index is 11.8. The Morgan fingerprint density at radius 2 is 1.67 bits per heavy atom. The molecule has 1 fully saturated rings. The van der Waals surface area contributed by atoms with Crippen LogP contribution in [0.1, 0.15) is 57.4 Å². The molecule has 132 valence electrons. The van der Waals surface area contributed by atoms with Gasteiger partial charge < -0.3 is 15.4 Å². The van der Waals surface area contributed by atoms with Crippen LogP contribution in [0.25, 0.3) is 0 Å². The van der Waals surface area contributed by atoms with Crippen molar-refractivity contribution in [2.24, 2.45) is 0 Å². The molecule has 0 radical (unpaired) electrons. The molecule has 2 N–H and O–H groups in total. The van der Waals surface area contributed by atoms with E-state index in [4.69, 9.17) is 4.74 Å². The van der Waals surface area contributed by atoms with E-state index in [1.165, 1.54) is 24.8 Å². The Balaban J connectivity index is 1.64. The standard InChI is InChI=1S/C19H28N2O3/c1-14(2)15-8-10-17(11-9-15)21-19(23)13-24-12-18(22)20-16-6-4-3-5-7-16/h8-11,14,16H,3-7,12-13H2,1-2H3,(H,20,22)(H,21,23). The minimum atomic E-state index is -0.252. The van der Waals surface area contributed by atoms with Gasteiger partial charge in [-0.05, 0) is 36.5 Å². The molecular formula is C19H28N2O3. The lowest BCUT2D eigenvalue weighted by molar-refractivity contribution is -0.129. The van der Waals surface area contributed by atoms with Crippen LogP contribution in [0.4, 0.5) is 5.69 Å². The molecule has 5 heteroatoms. The summed E-state index contributed by atoms with van der Waals surface area (Å²) in [4.78, 5) is 23.6. The molecule has 5 nitrogen and oxygen atoms in total. The number of amides is 2. The Hall–Kier alpha value is -1.88. The van der Waals surface area contributed by atoms with Crippen molar-refractivity contribution in [1.29, 1.82) is 0 Å². The van der Waals surface area contributed by atoms with E-state index in [1.54, 1.807) is 0 Å². The van der Waals surface area contributed by atoms with Crippen molar-refractivity contribution in [3.05, 3.63) is 29.8 Å². The zero-order valence-electron chi connectivity index (χ0n) is 14.6. The van der Waals surface area contributed by atoms with Crippen molar-refractivity contribution in [3.8, 4) is 0 Å². The third kappa shape index (κ3) is 6.32. The van der Waals surface area contributed by atoms with E-state index >= 15 is 0 Å². The average molecular weight is 332 g/mol. The highest BCUT2D eigenvalue weighted by Crippen LogP contribution is 2.18. The molecule has 0 atom stereocenters. The van der Waals surface area contributed by atoms with Crippen molar-refractivity contribution < 1.29 is 14.3 Å². The number of nitrogens with one attached hydrogen (secondary N) is 2. The number of benzene rings is 1. The maximum atomic E-state index is 11.8. The molecule has 1 saturated carbocycles. The van der Waals surface area contributed by atoms with Crippen LogP contribution in [-0.4, -0.2) is 31.1 Å². The van der Waals surface area contributed by atoms with Crippen molar-refractivity contribution in [2.75, 3.05) is 18.5 Å². The van der Waals surface area contributed by atoms with Crippen LogP contribution in [0.2, 0.25) is 0 Å². The van der Waals surface area contributed by atoms with Crippen LogP contribution in [0.3, 0.4) is 0 Å². The molecule has 2 amide bonds. The van der Waals surface area contributed by atoms with E-state index in [1.807, 2.05) is 24.3 Å². The molecule has 0 saturated heterocycles. The van der Waals surface area contributed by atoms with Gasteiger partial charge in [-0.25, -0.2) is 0 Å². The normalized spacial score (nSPS) is 15.3. The van der Waals surface area contributed by atoms with Gasteiger partial charge in [0.25, 0.3) is 0 Å². The quantitative estimate of drug-likeness (QED) is 0.805. The van der Waals surface area contributed by atoms with E-state index in [9.17, 15) is 9.59 Å². The van der Waals surface area contributed by atoms with Crippen molar-refractivity contribution in [3.63, 3.8) is 0 Å². The lowest BCUT2D eigenvalue weighted by atomic mass is 9.95. The largest absolute Gasteiger partial charge is 0.362 e. The van der Waals surface area contributed by atoms with Gasteiger partial charge >= 0.3 is 0 Å². The van der Waals surface area contributed by atoms with E-state index in [2.05, 4.69) is 24.5 Å². The predicted octanol–water partition coefficient (Wildman–Crippen LogP) is 3.21. The van der Waals surface area contributed by atoms with E-state index in [-0.39, 0.29) is 31.1 Å². The third-order valence-corrected chi connectivity index (χ3v) is 4.30. The molecule has 0 aliphatic heterocycles. The van der Waals surface area contributed by atoms with Crippen molar-refractivity contribution in [2.45, 2.75) is 57.9 Å². The highest BCUT2D eigenvalue weighted by molar-refractivity contribution is 5.91. The van der Waals surface area contributed by atoms with Gasteiger partial charge in [0.1, 0.15) is 13.2 Å². The second-order valence-corrected chi connectivity index (χ2v) is 6.72. The fourth-order valence-electron chi connectivity index (χ4n) is 2.90. The topological polar surface area (TPSA) is 67.4 Å². The van der Waals surface area contributed by atoms with Crippen LogP contribution in [-0.2, 0) is 14.3 Å². The smallest absolute Gasteiger partial charge is 0.250 e. The van der Waals surface area contributed by atoms with Gasteiger partial charge in [-0.3, -0.25) is 9.59 Å². The minimum absolute atomic E-state index is 0.0732. The van der Waals surface area contributed by atoms with Crippen LogP contribution in [0.15, 0.2) is 24.3 Å². The third-order valence-electron chi connectivity index (χ3n) is 4.30. The summed E-state index contributed by atoms with van der Waals surface area (Å²) in [5.41, 5.74) is 1.96. The highest BCUT2D eigenvalue weighted by atomic mass is 16.5. The molecule has 0 bridgehead atoms. The fraction of sp³-hybridized carbons (Fsp3) is 0.579. The zero-order valence-corrected chi connectivity index (χ0v) is 14.6. The van der Waals surface area contributed by atoms with Gasteiger partial charge in [0.2, 0.25) is 11.8 Å². The summed E-state index contributed by atoms with van der Waals surface area (Å²) < 4.78 is 5.21. The molecule has 0 spiro atoms. The van der Waals surface area contributed by atoms with Crippen LogP contribution in [0.5, 0.6) is 0 Å². The summed E-state index contributed by atoms with van der Waals surface area (Å²) in [6.07, 6.45) is 5.67. The lowest BCUT2D eigenvalue weighted by Crippen LogP contribution is -2.38. The second-order valence-electron chi connectivity index (χ2n) is 6.72. The summed E-state index contributed by atoms with van der Waals surface area (Å²) >= 11 is 0. The Kier molecular flexibility index (Phi) is 7.25. The molecule has 0 aromatic heterocycles. The Morgan fingerprint density at radius 3 is 2.29 bits per heavy atom. The van der Waals surface area contributed by atoms with Gasteiger partial charge in [-0.2, -0.15) is 0 Å². The van der Waals surface area contributed by atoms with Crippen LogP contribution in [0, 0.1) is 0 Å². The molecule has 24 heavy (non-hydrogen) atoms. The molecule has 1 aliphatic rings. The number of hydrogen-bond donors (Lipinski definition) is 2. The summed E-state index contributed by atoms with van der Waals surface area (Å²) in [6, 6.07) is 8.02. The van der Waals surface area contributed by atoms with Gasteiger partial charge in [0.15, 0.2) is 0 Å². The number of carbonyl (C=O) groups excluding carboxylic acids is 2. The van der Waals surface area contributed by atoms with Gasteiger partial charge in [-0.15, -0.1) is 0 Å². The minimum Gasteiger partial charge on any atom is -0.362 e. The number of rotatable bonds is 7. The Labute approximate surface area is 144 Å². The predicted molar refractivity (Wildman–Crippen MR) is 95.0 cm³/mol. The van der Waals surface area contributed by atoms with Gasteiger partial charge in [0.05, 0.1) is 0 Å². The molecule has 2 rings (SSSR count). The van der Waals surface area contributed by atoms with Crippen molar-refractivity contribution in [1.82, 2.24) is 5.32 Å². The summed E-state index contributed by atoms with van der Waals surface area (Å²) in [6.45, 7) is 4.06. The number of anilines is 1. The number of hydrogen-bond acceptors (Lipinski definition) is 3. The zero-order chi connectivity index (χ0) is 17.4. The molecule has 1 aromatic carbocycles. The highest BCUT2D eigenvalue weighted by Gasteiger charge is 2.15. The Bertz CT molecular complexity index is 534. The maximum Gasteiger partial charge on any atom is 0.250 e. The first-order chi connectivity index (χ1) is 11.5. The van der Waals surface area contributed by atoms with Crippen LogP contribution >= 0.6 is 0 Å². The molecular weight excluding hydrogens is 304 g/mol. The summed E-state index contributed by atoms with van der Waals surface area (Å²) in [5, 5.41) is 5.73. The van der Waals surface area contributed by atoms with E-state index in [0.29, 0.717) is 5.92 Å². The number of carbonyl (C=O) groups is 2. The second kappa shape index (κ2) is 9.42. The fourth-order valence-corrected chi connectivity index (χ4v) is 2.90. The van der Waals surface area contributed by atoms with Gasteiger partial charge in [0, 0.05) is 11.7 Å². The summed E-state index contributed by atoms with van der Waals surface area (Å²) in [5.74, 6) is 0.0644. The SMILES string of the molecule is CC(C)c1ccc(NC(=O)COCC(=O)NC2CCCCC2)cc1. The Morgan fingerprint density at radius 1 is 1.04 bits per heavy atom. The molecule has 1 aliphatic carbocycles. The first kappa shape index (κ1) is 18.5. The van der Waals surface area contributed by atoms with Gasteiger partial charge in [-0.1, -0.05) is 45.2 Å². The summed E-state index contributed by atoms with van der Waals surface area (Å²) in [7, 11) is 0. The monoisotopic (exact) mass is 332 g/mol. The lowest BCUT2D eigenvalue weighted by Gasteiger charge is -2.22. The van der Waals surface area contributed by atoms with E-state index < -0.39 is 0 Å². The van der Waals surface area contributed by atoms with E-state index in [0.717, 1.165) is 18.5 Å².